The predicted molar refractivity (Wildman–Crippen MR) is 164 cm³/mol. The van der Waals surface area contributed by atoms with Crippen LogP contribution in [0.15, 0.2) is 67.4 Å². The maximum atomic E-state index is 4.72. The molecule has 1 saturated carbocycles. The van der Waals surface area contributed by atoms with Crippen LogP contribution in [0.4, 0.5) is 5.69 Å². The molecule has 196 valence electrons. The molecule has 7 rings (SSSR count). The first-order chi connectivity index (χ1) is 19.1. The minimum absolute atomic E-state index is 0.112. The van der Waals surface area contributed by atoms with Gasteiger partial charge in [0.1, 0.15) is 5.69 Å². The van der Waals surface area contributed by atoms with Gasteiger partial charge in [-0.05, 0) is 61.4 Å². The van der Waals surface area contributed by atoms with Gasteiger partial charge in [-0.1, -0.05) is 35.1 Å². The van der Waals surface area contributed by atoms with E-state index in [0.717, 1.165) is 50.6 Å². The summed E-state index contributed by atoms with van der Waals surface area (Å²) < 4.78 is 1.23. The van der Waals surface area contributed by atoms with Gasteiger partial charge in [0.15, 0.2) is 0 Å². The second-order valence-electron chi connectivity index (χ2n) is 10.4. The van der Waals surface area contributed by atoms with Crippen molar-refractivity contribution in [3.8, 4) is 22.6 Å². The van der Waals surface area contributed by atoms with Gasteiger partial charge in [0.2, 0.25) is 0 Å². The highest BCUT2D eigenvalue weighted by Gasteiger charge is 2.24. The number of hydrogen-bond acceptors (Lipinski definition) is 6. The molecule has 9 heteroatoms. The van der Waals surface area contributed by atoms with Gasteiger partial charge in [0, 0.05) is 43.6 Å². The van der Waals surface area contributed by atoms with E-state index in [1.165, 1.54) is 47.2 Å². The lowest BCUT2D eigenvalue weighted by atomic mass is 9.87. The van der Waals surface area contributed by atoms with Crippen LogP contribution in [0.5, 0.6) is 0 Å². The van der Waals surface area contributed by atoms with Crippen molar-refractivity contribution in [1.82, 2.24) is 30.5 Å². The summed E-state index contributed by atoms with van der Waals surface area (Å²) in [7, 11) is 2.79. The predicted octanol–water partition coefficient (Wildman–Crippen LogP) is 6.75. The average Bonchev–Trinajstić information content (AvgIpc) is 3.71. The Bertz CT molecular complexity index is 1710. The summed E-state index contributed by atoms with van der Waals surface area (Å²) in [5, 5.41) is 15.9. The molecule has 7 nitrogen and oxygen atoms in total. The van der Waals surface area contributed by atoms with Gasteiger partial charge >= 0.3 is 0 Å². The summed E-state index contributed by atoms with van der Waals surface area (Å²) in [5.74, 6) is 0.532. The SMILES string of the molecule is C=C(Nc1cncc(-c2cc3c(-c4cc5c([nH]4)C=CNC5c4ccc(P)s4)n[nH]c3cn2)c1)C1CCCCC1. The van der Waals surface area contributed by atoms with Crippen LogP contribution in [0, 0.1) is 5.92 Å². The van der Waals surface area contributed by atoms with Gasteiger partial charge in [-0.15, -0.1) is 11.3 Å². The molecular formula is C30H30N7PS. The minimum atomic E-state index is 0.112. The molecule has 6 heterocycles. The van der Waals surface area contributed by atoms with Gasteiger partial charge in [0.25, 0.3) is 0 Å². The Morgan fingerprint density at radius 2 is 1.97 bits per heavy atom. The molecule has 2 atom stereocenters. The van der Waals surface area contributed by atoms with Gasteiger partial charge in [-0.25, -0.2) is 0 Å². The molecule has 5 aromatic rings. The van der Waals surface area contributed by atoms with Crippen molar-refractivity contribution in [2.24, 2.45) is 5.92 Å². The number of thiophene rings is 1. The standard InChI is InChI=1S/C30H30N7PS/c1-17(18-5-3-2-4-6-18)34-20-11-19(14-31-15-20)24-12-22-26(16-33-24)36-37-29(22)25-13-21-23(35-25)9-10-32-30(21)27-7-8-28(38)39-27/h7-16,18,30,32,34-35H,1-6,38H2,(H,36,37). The summed E-state index contributed by atoms with van der Waals surface area (Å²) >= 11 is 1.79. The molecule has 1 aliphatic heterocycles. The Morgan fingerprint density at radius 3 is 2.82 bits per heavy atom. The van der Waals surface area contributed by atoms with Crippen LogP contribution in [0.3, 0.4) is 0 Å². The Hall–Kier alpha value is -3.74. The number of nitrogens with one attached hydrogen (secondary N) is 4. The number of pyridine rings is 2. The highest BCUT2D eigenvalue weighted by molar-refractivity contribution is 7.43. The zero-order chi connectivity index (χ0) is 26.3. The molecule has 0 bridgehead atoms. The third-order valence-electron chi connectivity index (χ3n) is 7.78. The average molecular weight is 552 g/mol. The molecule has 0 amide bonds. The quantitative estimate of drug-likeness (QED) is 0.175. The lowest BCUT2D eigenvalue weighted by Gasteiger charge is -2.24. The fraction of sp³-hybridized carbons (Fsp3) is 0.233. The van der Waals surface area contributed by atoms with Crippen molar-refractivity contribution in [2.75, 3.05) is 5.32 Å². The van der Waals surface area contributed by atoms with Gasteiger partial charge in [0.05, 0.1) is 41.0 Å². The van der Waals surface area contributed by atoms with Crippen LogP contribution in [0.2, 0.25) is 0 Å². The minimum Gasteiger partial charge on any atom is -0.379 e. The molecule has 0 saturated heterocycles. The Labute approximate surface area is 233 Å². The molecule has 4 N–H and O–H groups in total. The molecule has 2 unspecified atom stereocenters. The zero-order valence-corrected chi connectivity index (χ0v) is 23.5. The second kappa shape index (κ2) is 10.1. The molecule has 0 spiro atoms. The van der Waals surface area contributed by atoms with E-state index < -0.39 is 0 Å². The number of rotatable bonds is 6. The molecule has 1 fully saturated rings. The van der Waals surface area contributed by atoms with E-state index >= 15 is 0 Å². The lowest BCUT2D eigenvalue weighted by molar-refractivity contribution is 0.405. The largest absolute Gasteiger partial charge is 0.379 e. The number of fused-ring (bicyclic) bond motifs is 2. The third-order valence-corrected chi connectivity index (χ3v) is 9.30. The monoisotopic (exact) mass is 551 g/mol. The molecule has 1 aliphatic carbocycles. The Morgan fingerprint density at radius 1 is 1.08 bits per heavy atom. The Balaban J connectivity index is 1.19. The number of hydrogen-bond donors (Lipinski definition) is 4. The molecule has 0 radical (unpaired) electrons. The molecule has 39 heavy (non-hydrogen) atoms. The van der Waals surface area contributed by atoms with E-state index in [0.29, 0.717) is 5.92 Å². The fourth-order valence-electron chi connectivity index (χ4n) is 5.73. The molecular weight excluding hydrogens is 521 g/mol. The maximum absolute atomic E-state index is 4.72. The topological polar surface area (TPSA) is 94.3 Å². The molecule has 2 aliphatic rings. The van der Waals surface area contributed by atoms with Crippen LogP contribution >= 0.6 is 20.6 Å². The number of aromatic amines is 2. The summed E-state index contributed by atoms with van der Waals surface area (Å²) in [6.45, 7) is 4.33. The van der Waals surface area contributed by atoms with E-state index in [4.69, 9.17) is 4.98 Å². The lowest BCUT2D eigenvalue weighted by Crippen LogP contribution is -2.18. The summed E-state index contributed by atoms with van der Waals surface area (Å²) in [5.41, 5.74) is 8.89. The van der Waals surface area contributed by atoms with Crippen molar-refractivity contribution in [1.29, 1.82) is 0 Å². The molecule has 0 aromatic carbocycles. The number of nitrogens with zero attached hydrogens (tertiary/aromatic N) is 3. The van der Waals surface area contributed by atoms with Crippen LogP contribution in [0.1, 0.15) is 54.3 Å². The van der Waals surface area contributed by atoms with Crippen LogP contribution in [-0.4, -0.2) is 25.1 Å². The summed E-state index contributed by atoms with van der Waals surface area (Å²) in [4.78, 5) is 14.1. The summed E-state index contributed by atoms with van der Waals surface area (Å²) in [6.07, 6.45) is 16.0. The molecule has 5 aromatic heterocycles. The van der Waals surface area contributed by atoms with Gasteiger partial charge in [-0.3, -0.25) is 15.1 Å². The van der Waals surface area contributed by atoms with E-state index in [1.807, 2.05) is 24.8 Å². The van der Waals surface area contributed by atoms with Crippen LogP contribution < -0.4 is 15.3 Å². The van der Waals surface area contributed by atoms with Crippen molar-refractivity contribution in [2.45, 2.75) is 38.1 Å². The number of H-pyrrole nitrogens is 2. The first-order valence-corrected chi connectivity index (χ1v) is 14.8. The number of aromatic nitrogens is 5. The highest BCUT2D eigenvalue weighted by Crippen LogP contribution is 2.37. The zero-order valence-electron chi connectivity index (χ0n) is 21.5. The van der Waals surface area contributed by atoms with Crippen molar-refractivity contribution in [3.63, 3.8) is 0 Å². The number of anilines is 1. The van der Waals surface area contributed by atoms with Gasteiger partial charge in [-0.2, -0.15) is 5.10 Å². The summed E-state index contributed by atoms with van der Waals surface area (Å²) in [6, 6.07) is 10.8. The van der Waals surface area contributed by atoms with Crippen molar-refractivity contribution < 1.29 is 0 Å². The van der Waals surface area contributed by atoms with E-state index in [9.17, 15) is 0 Å². The van der Waals surface area contributed by atoms with E-state index in [2.05, 4.69) is 83.0 Å². The maximum Gasteiger partial charge on any atom is 0.116 e. The smallest absolute Gasteiger partial charge is 0.116 e. The van der Waals surface area contributed by atoms with Gasteiger partial charge < -0.3 is 15.6 Å². The third kappa shape index (κ3) is 4.68. The van der Waals surface area contributed by atoms with E-state index in [1.54, 1.807) is 11.3 Å². The van der Waals surface area contributed by atoms with Crippen LogP contribution in [-0.2, 0) is 0 Å². The van der Waals surface area contributed by atoms with Crippen molar-refractivity contribution >= 4 is 47.9 Å². The van der Waals surface area contributed by atoms with Crippen LogP contribution in [0.25, 0.3) is 39.6 Å². The number of allylic oxidation sites excluding steroid dienone is 1. The first-order valence-electron chi connectivity index (χ1n) is 13.4. The second-order valence-corrected chi connectivity index (χ2v) is 12.5. The van der Waals surface area contributed by atoms with E-state index in [-0.39, 0.29) is 6.04 Å². The normalized spacial score (nSPS) is 17.2. The highest BCUT2D eigenvalue weighted by atomic mass is 32.1. The van der Waals surface area contributed by atoms with Crippen molar-refractivity contribution in [3.05, 3.63) is 83.5 Å². The first kappa shape index (κ1) is 24.3. The Kier molecular flexibility index (Phi) is 6.30. The fourth-order valence-corrected chi connectivity index (χ4v) is 7.10.